The van der Waals surface area contributed by atoms with Crippen LogP contribution in [0.25, 0.3) is 16.7 Å². The van der Waals surface area contributed by atoms with Crippen molar-refractivity contribution < 1.29 is 4.74 Å². The molecular weight excluding hydrogens is 368 g/mol. The predicted octanol–water partition coefficient (Wildman–Crippen LogP) is 1.71. The van der Waals surface area contributed by atoms with Crippen LogP contribution < -0.4 is 10.9 Å². The molecule has 0 spiro atoms. The van der Waals surface area contributed by atoms with Crippen molar-refractivity contribution in [1.82, 2.24) is 29.9 Å². The number of rotatable bonds is 5. The zero-order valence-corrected chi connectivity index (χ0v) is 15.7. The molecule has 29 heavy (non-hydrogen) atoms. The number of fused-ring (bicyclic) bond motifs is 1. The van der Waals surface area contributed by atoms with Gasteiger partial charge in [-0.2, -0.15) is 5.10 Å². The van der Waals surface area contributed by atoms with Gasteiger partial charge in [-0.1, -0.05) is 18.2 Å². The van der Waals surface area contributed by atoms with Crippen LogP contribution in [-0.4, -0.2) is 43.8 Å². The van der Waals surface area contributed by atoms with Crippen molar-refractivity contribution in [3.63, 3.8) is 0 Å². The number of para-hydroxylation sites is 1. The fourth-order valence-electron chi connectivity index (χ4n) is 3.71. The summed E-state index contributed by atoms with van der Waals surface area (Å²) in [4.78, 5) is 16.9. The SMILES string of the molecule is O=c1ccc(-n2cccn2)nn1C1COCC1NCc1ccnc2ccccc12. The third kappa shape index (κ3) is 3.43. The molecule has 1 aliphatic heterocycles. The summed E-state index contributed by atoms with van der Waals surface area (Å²) in [5, 5.41) is 13.4. The summed E-state index contributed by atoms with van der Waals surface area (Å²) >= 11 is 0. The molecule has 4 heterocycles. The zero-order chi connectivity index (χ0) is 19.6. The molecule has 2 unspecified atom stereocenters. The maximum atomic E-state index is 12.5. The van der Waals surface area contributed by atoms with Gasteiger partial charge in [0.25, 0.3) is 5.56 Å². The van der Waals surface area contributed by atoms with Crippen molar-refractivity contribution in [1.29, 1.82) is 0 Å². The monoisotopic (exact) mass is 388 g/mol. The second kappa shape index (κ2) is 7.57. The topological polar surface area (TPSA) is 86.9 Å². The standard InChI is InChI=1S/C21H20N6O2/c28-21-7-6-20(26-11-3-9-24-26)25-27(21)19-14-29-13-18(19)23-12-15-8-10-22-17-5-2-1-4-16(15)17/h1-11,18-19,23H,12-14H2. The first-order chi connectivity index (χ1) is 14.3. The molecule has 1 fully saturated rings. The first-order valence-corrected chi connectivity index (χ1v) is 9.53. The third-order valence-corrected chi connectivity index (χ3v) is 5.21. The molecule has 0 bridgehead atoms. The van der Waals surface area contributed by atoms with E-state index in [1.807, 2.05) is 36.5 Å². The minimum atomic E-state index is -0.189. The first kappa shape index (κ1) is 17.7. The van der Waals surface area contributed by atoms with Crippen LogP contribution in [0.4, 0.5) is 0 Å². The summed E-state index contributed by atoms with van der Waals surface area (Å²) in [7, 11) is 0. The number of nitrogens with zero attached hydrogens (tertiary/aromatic N) is 5. The van der Waals surface area contributed by atoms with Crippen LogP contribution in [-0.2, 0) is 11.3 Å². The van der Waals surface area contributed by atoms with E-state index < -0.39 is 0 Å². The van der Waals surface area contributed by atoms with E-state index in [0.29, 0.717) is 25.6 Å². The van der Waals surface area contributed by atoms with Gasteiger partial charge in [-0.05, 0) is 29.8 Å². The number of aromatic nitrogens is 5. The second-order valence-electron chi connectivity index (χ2n) is 7.00. The Morgan fingerprint density at radius 3 is 2.90 bits per heavy atom. The lowest BCUT2D eigenvalue weighted by atomic mass is 10.1. The van der Waals surface area contributed by atoms with Gasteiger partial charge in [-0.15, -0.1) is 5.10 Å². The minimum absolute atomic E-state index is 0.0278. The van der Waals surface area contributed by atoms with Gasteiger partial charge in [0.2, 0.25) is 0 Å². The van der Waals surface area contributed by atoms with Crippen LogP contribution in [0.15, 0.2) is 71.9 Å². The van der Waals surface area contributed by atoms with Crippen LogP contribution in [0, 0.1) is 0 Å². The Bertz CT molecular complexity index is 1180. The van der Waals surface area contributed by atoms with E-state index in [1.54, 1.807) is 23.1 Å². The van der Waals surface area contributed by atoms with Crippen LogP contribution in [0.3, 0.4) is 0 Å². The molecule has 0 aliphatic carbocycles. The average molecular weight is 388 g/mol. The summed E-state index contributed by atoms with van der Waals surface area (Å²) < 4.78 is 8.83. The Kier molecular flexibility index (Phi) is 4.63. The molecule has 1 saturated heterocycles. The molecule has 1 aliphatic rings. The predicted molar refractivity (Wildman–Crippen MR) is 108 cm³/mol. The molecule has 1 aromatic carbocycles. The van der Waals surface area contributed by atoms with E-state index in [9.17, 15) is 4.79 Å². The molecule has 5 rings (SSSR count). The minimum Gasteiger partial charge on any atom is -0.377 e. The van der Waals surface area contributed by atoms with Gasteiger partial charge in [0.05, 0.1) is 30.8 Å². The van der Waals surface area contributed by atoms with Crippen molar-refractivity contribution >= 4 is 10.9 Å². The average Bonchev–Trinajstić information content (AvgIpc) is 3.45. The molecule has 146 valence electrons. The Hall–Kier alpha value is -3.36. The number of hydrogen-bond acceptors (Lipinski definition) is 6. The normalized spacial score (nSPS) is 19.0. The quantitative estimate of drug-likeness (QED) is 0.560. The summed E-state index contributed by atoms with van der Waals surface area (Å²) in [5.74, 6) is 0.598. The van der Waals surface area contributed by atoms with Crippen LogP contribution in [0.5, 0.6) is 0 Å². The fraction of sp³-hybridized carbons (Fsp3) is 0.238. The highest BCUT2D eigenvalue weighted by Gasteiger charge is 2.31. The van der Waals surface area contributed by atoms with Crippen LogP contribution in [0.2, 0.25) is 0 Å². The maximum absolute atomic E-state index is 12.5. The highest BCUT2D eigenvalue weighted by molar-refractivity contribution is 5.81. The Morgan fingerprint density at radius 2 is 2.00 bits per heavy atom. The van der Waals surface area contributed by atoms with E-state index in [1.165, 1.54) is 10.7 Å². The van der Waals surface area contributed by atoms with Crippen LogP contribution in [0.1, 0.15) is 11.6 Å². The molecule has 0 radical (unpaired) electrons. The van der Waals surface area contributed by atoms with Gasteiger partial charge in [0.15, 0.2) is 5.82 Å². The van der Waals surface area contributed by atoms with E-state index in [-0.39, 0.29) is 17.6 Å². The number of ether oxygens (including phenoxy) is 1. The summed E-state index contributed by atoms with van der Waals surface area (Å²) in [6.45, 7) is 1.61. The van der Waals surface area contributed by atoms with Gasteiger partial charge in [-0.25, -0.2) is 9.36 Å². The second-order valence-corrected chi connectivity index (χ2v) is 7.00. The number of hydrogen-bond donors (Lipinski definition) is 1. The van der Waals surface area contributed by atoms with Gasteiger partial charge >= 0.3 is 0 Å². The summed E-state index contributed by atoms with van der Waals surface area (Å²) in [5.41, 5.74) is 1.97. The number of benzene rings is 1. The molecule has 8 nitrogen and oxygen atoms in total. The highest BCUT2D eigenvalue weighted by atomic mass is 16.5. The smallest absolute Gasteiger partial charge is 0.267 e. The largest absolute Gasteiger partial charge is 0.377 e. The van der Waals surface area contributed by atoms with Crippen molar-refractivity contribution in [3.05, 3.63) is 83.0 Å². The fourth-order valence-corrected chi connectivity index (χ4v) is 3.71. The highest BCUT2D eigenvalue weighted by Crippen LogP contribution is 2.20. The van der Waals surface area contributed by atoms with Gasteiger partial charge in [0, 0.05) is 36.6 Å². The molecule has 3 aromatic heterocycles. The Morgan fingerprint density at radius 1 is 1.07 bits per heavy atom. The molecule has 0 amide bonds. The Labute approximate surface area is 166 Å². The zero-order valence-electron chi connectivity index (χ0n) is 15.7. The van der Waals surface area contributed by atoms with Crippen molar-refractivity contribution in [2.45, 2.75) is 18.6 Å². The lowest BCUT2D eigenvalue weighted by Gasteiger charge is -2.21. The molecule has 0 saturated carbocycles. The molecule has 4 aromatic rings. The molecule has 2 atom stereocenters. The van der Waals surface area contributed by atoms with Crippen molar-refractivity contribution in [3.8, 4) is 5.82 Å². The van der Waals surface area contributed by atoms with E-state index in [0.717, 1.165) is 16.5 Å². The number of pyridine rings is 1. The van der Waals surface area contributed by atoms with Crippen molar-refractivity contribution in [2.75, 3.05) is 13.2 Å². The van der Waals surface area contributed by atoms with Crippen LogP contribution >= 0.6 is 0 Å². The Balaban J connectivity index is 1.39. The maximum Gasteiger partial charge on any atom is 0.267 e. The van der Waals surface area contributed by atoms with E-state index in [2.05, 4.69) is 26.6 Å². The van der Waals surface area contributed by atoms with E-state index in [4.69, 9.17) is 4.74 Å². The number of nitrogens with one attached hydrogen (secondary N) is 1. The van der Waals surface area contributed by atoms with Crippen molar-refractivity contribution in [2.24, 2.45) is 0 Å². The third-order valence-electron chi connectivity index (χ3n) is 5.21. The summed E-state index contributed by atoms with van der Waals surface area (Å²) in [6.07, 6.45) is 5.30. The van der Waals surface area contributed by atoms with E-state index >= 15 is 0 Å². The summed E-state index contributed by atoms with van der Waals surface area (Å²) in [6, 6.07) is 14.9. The lowest BCUT2D eigenvalue weighted by Crippen LogP contribution is -2.41. The van der Waals surface area contributed by atoms with Gasteiger partial charge in [0.1, 0.15) is 0 Å². The van der Waals surface area contributed by atoms with Gasteiger partial charge < -0.3 is 10.1 Å². The molecule has 1 N–H and O–H groups in total. The molecule has 8 heteroatoms. The first-order valence-electron chi connectivity index (χ1n) is 9.53. The lowest BCUT2D eigenvalue weighted by molar-refractivity contribution is 0.180. The van der Waals surface area contributed by atoms with Gasteiger partial charge in [-0.3, -0.25) is 9.78 Å². The molecular formula is C21H20N6O2.